The molecule has 0 heterocycles. The van der Waals surface area contributed by atoms with Crippen molar-refractivity contribution in [3.63, 3.8) is 0 Å². The van der Waals surface area contributed by atoms with Crippen LogP contribution in [0.1, 0.15) is 32.8 Å². The fraction of sp³-hybridized carbons (Fsp3) is 0.611. The van der Waals surface area contributed by atoms with Crippen LogP contribution in [0.4, 0.5) is 8.78 Å². The van der Waals surface area contributed by atoms with Gasteiger partial charge in [0, 0.05) is 32.3 Å². The zero-order valence-corrected chi connectivity index (χ0v) is 17.8. The summed E-state index contributed by atoms with van der Waals surface area (Å²) in [5, 5.41) is 6.27. The maximum Gasteiger partial charge on any atom is 0.190 e. The quantitative estimate of drug-likeness (QED) is 0.329. The number of benzene rings is 1. The summed E-state index contributed by atoms with van der Waals surface area (Å²) < 4.78 is 32.8. The van der Waals surface area contributed by atoms with Crippen LogP contribution in [-0.4, -0.2) is 38.8 Å². The molecule has 1 rings (SSSR count). The Bertz CT molecular complexity index is 507. The van der Waals surface area contributed by atoms with Gasteiger partial charge in [-0.2, -0.15) is 0 Å². The monoisotopic (exact) mass is 469 g/mol. The molecule has 0 saturated carbocycles. The second-order valence-corrected chi connectivity index (χ2v) is 5.90. The second kappa shape index (κ2) is 13.3. The molecule has 1 atom stereocenters. The van der Waals surface area contributed by atoms with E-state index < -0.39 is 11.6 Å². The molecule has 0 bridgehead atoms. The SMILES string of the molecule is CCOC(CCNC(=NC)NCCc1c(F)cccc1F)C(C)C.I. The molecule has 0 aromatic heterocycles. The fourth-order valence-electron chi connectivity index (χ4n) is 2.45. The van der Waals surface area contributed by atoms with Crippen molar-refractivity contribution < 1.29 is 13.5 Å². The van der Waals surface area contributed by atoms with Crippen molar-refractivity contribution >= 4 is 29.9 Å². The van der Waals surface area contributed by atoms with Crippen molar-refractivity contribution in [1.29, 1.82) is 0 Å². The molecule has 0 spiro atoms. The third kappa shape index (κ3) is 8.80. The van der Waals surface area contributed by atoms with Gasteiger partial charge in [-0.3, -0.25) is 4.99 Å². The maximum absolute atomic E-state index is 13.6. The van der Waals surface area contributed by atoms with Gasteiger partial charge >= 0.3 is 0 Å². The van der Waals surface area contributed by atoms with Gasteiger partial charge in [0.15, 0.2) is 5.96 Å². The van der Waals surface area contributed by atoms with Crippen LogP contribution in [0.2, 0.25) is 0 Å². The van der Waals surface area contributed by atoms with Crippen LogP contribution in [0.15, 0.2) is 23.2 Å². The molecule has 0 radical (unpaired) electrons. The summed E-state index contributed by atoms with van der Waals surface area (Å²) in [6.45, 7) is 8.08. The number of guanidine groups is 1. The molecule has 0 amide bonds. The highest BCUT2D eigenvalue weighted by Crippen LogP contribution is 2.12. The molecule has 0 saturated heterocycles. The van der Waals surface area contributed by atoms with E-state index in [1.807, 2.05) is 6.92 Å². The Kier molecular flexibility index (Phi) is 12.8. The van der Waals surface area contributed by atoms with Crippen molar-refractivity contribution in [2.24, 2.45) is 10.9 Å². The van der Waals surface area contributed by atoms with Crippen molar-refractivity contribution in [2.45, 2.75) is 39.7 Å². The molecule has 0 fully saturated rings. The van der Waals surface area contributed by atoms with Crippen LogP contribution in [-0.2, 0) is 11.2 Å². The number of ether oxygens (including phenoxy) is 1. The maximum atomic E-state index is 13.6. The third-order valence-electron chi connectivity index (χ3n) is 3.80. The Hall–Kier alpha value is -0.960. The van der Waals surface area contributed by atoms with E-state index in [4.69, 9.17) is 4.74 Å². The van der Waals surface area contributed by atoms with E-state index in [9.17, 15) is 8.78 Å². The van der Waals surface area contributed by atoms with Crippen LogP contribution >= 0.6 is 24.0 Å². The van der Waals surface area contributed by atoms with Crippen LogP contribution < -0.4 is 10.6 Å². The van der Waals surface area contributed by atoms with Crippen molar-refractivity contribution in [3.05, 3.63) is 35.4 Å². The average molecular weight is 469 g/mol. The number of nitrogens with zero attached hydrogens (tertiary/aromatic N) is 1. The average Bonchev–Trinajstić information content (AvgIpc) is 2.54. The zero-order valence-electron chi connectivity index (χ0n) is 15.4. The largest absolute Gasteiger partial charge is 0.378 e. The summed E-state index contributed by atoms with van der Waals surface area (Å²) in [6.07, 6.45) is 1.33. The third-order valence-corrected chi connectivity index (χ3v) is 3.80. The zero-order chi connectivity index (χ0) is 17.9. The molecule has 0 aliphatic carbocycles. The van der Waals surface area contributed by atoms with Crippen LogP contribution in [0.5, 0.6) is 0 Å². The summed E-state index contributed by atoms with van der Waals surface area (Å²) in [7, 11) is 1.67. The van der Waals surface area contributed by atoms with E-state index in [2.05, 4.69) is 29.5 Å². The minimum Gasteiger partial charge on any atom is -0.378 e. The molecule has 0 aliphatic heterocycles. The van der Waals surface area contributed by atoms with Gasteiger partial charge in [-0.15, -0.1) is 24.0 Å². The Labute approximate surface area is 166 Å². The summed E-state index contributed by atoms with van der Waals surface area (Å²) in [6, 6.07) is 3.90. The van der Waals surface area contributed by atoms with Gasteiger partial charge in [0.05, 0.1) is 6.10 Å². The van der Waals surface area contributed by atoms with E-state index in [-0.39, 0.29) is 42.1 Å². The standard InChI is InChI=1S/C18H29F2N3O.HI/c1-5-24-17(13(2)3)10-12-23-18(21-4)22-11-9-14-15(19)7-6-8-16(14)20;/h6-8,13,17H,5,9-12H2,1-4H3,(H2,21,22,23);1H. The predicted molar refractivity (Wildman–Crippen MR) is 110 cm³/mol. The Morgan fingerprint density at radius 2 is 1.76 bits per heavy atom. The van der Waals surface area contributed by atoms with E-state index in [1.54, 1.807) is 7.05 Å². The highest BCUT2D eigenvalue weighted by molar-refractivity contribution is 14.0. The van der Waals surface area contributed by atoms with Crippen molar-refractivity contribution in [1.82, 2.24) is 10.6 Å². The molecular formula is C18H30F2IN3O. The van der Waals surface area contributed by atoms with Gasteiger partial charge < -0.3 is 15.4 Å². The van der Waals surface area contributed by atoms with E-state index >= 15 is 0 Å². The lowest BCUT2D eigenvalue weighted by molar-refractivity contribution is 0.0258. The van der Waals surface area contributed by atoms with Crippen LogP contribution in [0.25, 0.3) is 0 Å². The Morgan fingerprint density at radius 1 is 1.16 bits per heavy atom. The molecular weight excluding hydrogens is 439 g/mol. The molecule has 0 aliphatic rings. The predicted octanol–water partition coefficient (Wildman–Crippen LogP) is 3.74. The number of hydrogen-bond donors (Lipinski definition) is 2. The van der Waals surface area contributed by atoms with Gasteiger partial charge in [-0.05, 0) is 37.8 Å². The number of nitrogens with one attached hydrogen (secondary N) is 2. The number of rotatable bonds is 9. The summed E-state index contributed by atoms with van der Waals surface area (Å²) in [5.74, 6) is 0.0315. The van der Waals surface area contributed by atoms with Gasteiger partial charge in [0.25, 0.3) is 0 Å². The van der Waals surface area contributed by atoms with Gasteiger partial charge in [-0.1, -0.05) is 19.9 Å². The number of aliphatic imine (C=N–C) groups is 1. The molecule has 1 aromatic carbocycles. The smallest absolute Gasteiger partial charge is 0.190 e. The lowest BCUT2D eigenvalue weighted by atomic mass is 10.0. The first-order valence-corrected chi connectivity index (χ1v) is 8.48. The molecule has 1 aromatic rings. The minimum absolute atomic E-state index is 0. The lowest BCUT2D eigenvalue weighted by Gasteiger charge is -2.21. The first-order valence-electron chi connectivity index (χ1n) is 8.48. The lowest BCUT2D eigenvalue weighted by Crippen LogP contribution is -2.40. The molecule has 144 valence electrons. The van der Waals surface area contributed by atoms with E-state index in [0.29, 0.717) is 25.0 Å². The van der Waals surface area contributed by atoms with Crippen LogP contribution in [0.3, 0.4) is 0 Å². The highest BCUT2D eigenvalue weighted by Gasteiger charge is 2.13. The summed E-state index contributed by atoms with van der Waals surface area (Å²) in [5.41, 5.74) is 0.0941. The van der Waals surface area contributed by atoms with Gasteiger partial charge in [-0.25, -0.2) is 8.78 Å². The second-order valence-electron chi connectivity index (χ2n) is 5.90. The van der Waals surface area contributed by atoms with Gasteiger partial charge in [0.1, 0.15) is 11.6 Å². The fourth-order valence-corrected chi connectivity index (χ4v) is 2.45. The molecule has 1 unspecified atom stereocenters. The highest BCUT2D eigenvalue weighted by atomic mass is 127. The Balaban J connectivity index is 0.00000576. The Morgan fingerprint density at radius 3 is 2.28 bits per heavy atom. The molecule has 25 heavy (non-hydrogen) atoms. The summed E-state index contributed by atoms with van der Waals surface area (Å²) in [4.78, 5) is 4.12. The molecule has 7 heteroatoms. The normalized spacial score (nSPS) is 12.7. The molecule has 4 nitrogen and oxygen atoms in total. The van der Waals surface area contributed by atoms with E-state index in [0.717, 1.165) is 13.0 Å². The van der Waals surface area contributed by atoms with Gasteiger partial charge in [0.2, 0.25) is 0 Å². The molecule has 2 N–H and O–H groups in total. The first-order chi connectivity index (χ1) is 11.5. The number of hydrogen-bond acceptors (Lipinski definition) is 2. The van der Waals surface area contributed by atoms with Crippen molar-refractivity contribution in [2.75, 3.05) is 26.7 Å². The summed E-state index contributed by atoms with van der Waals surface area (Å²) >= 11 is 0. The number of halogens is 3. The topological polar surface area (TPSA) is 45.6 Å². The van der Waals surface area contributed by atoms with E-state index in [1.165, 1.54) is 18.2 Å². The van der Waals surface area contributed by atoms with Crippen molar-refractivity contribution in [3.8, 4) is 0 Å². The minimum atomic E-state index is -0.517. The first kappa shape index (κ1) is 24.0. The van der Waals surface area contributed by atoms with Crippen LogP contribution in [0, 0.1) is 17.6 Å².